The van der Waals surface area contributed by atoms with Crippen LogP contribution in [0.2, 0.25) is 5.02 Å². The Hall–Kier alpha value is -2.42. The highest BCUT2D eigenvalue weighted by atomic mass is 35.5. The van der Waals surface area contributed by atoms with Crippen molar-refractivity contribution < 1.29 is 22.7 Å². The van der Waals surface area contributed by atoms with Gasteiger partial charge in [-0.05, 0) is 30.5 Å². The fraction of sp³-hybridized carbons (Fsp3) is 0.524. The number of methoxy groups -OCH3 is 1. The zero-order valence-electron chi connectivity index (χ0n) is 17.0. The average molecular weight is 457 g/mol. The van der Waals surface area contributed by atoms with E-state index >= 15 is 0 Å². The first-order chi connectivity index (χ1) is 14.8. The predicted molar refractivity (Wildman–Crippen MR) is 111 cm³/mol. The first-order valence-electron chi connectivity index (χ1n) is 10.3. The van der Waals surface area contributed by atoms with Crippen molar-refractivity contribution in [3.8, 4) is 5.75 Å². The highest BCUT2D eigenvalue weighted by Crippen LogP contribution is 2.46. The molecule has 1 fully saturated rings. The molecule has 0 unspecified atom stereocenters. The van der Waals surface area contributed by atoms with E-state index in [0.29, 0.717) is 11.3 Å². The van der Waals surface area contributed by atoms with E-state index in [1.165, 1.54) is 7.11 Å². The molecule has 168 valence electrons. The van der Waals surface area contributed by atoms with Crippen LogP contribution < -0.4 is 15.4 Å². The molecule has 0 saturated heterocycles. The first kappa shape index (κ1) is 21.8. The molecule has 1 amide bonds. The van der Waals surface area contributed by atoms with Crippen LogP contribution in [0, 0.1) is 0 Å². The largest absolute Gasteiger partial charge is 0.497 e. The molecular weight excluding hydrogens is 433 g/mol. The summed E-state index contributed by atoms with van der Waals surface area (Å²) in [4.78, 5) is 12.7. The third kappa shape index (κ3) is 4.46. The van der Waals surface area contributed by atoms with Gasteiger partial charge in [0.05, 0.1) is 13.2 Å². The van der Waals surface area contributed by atoms with Gasteiger partial charge in [0.2, 0.25) is 0 Å². The molecule has 2 aliphatic rings. The molecule has 1 aliphatic carbocycles. The number of amides is 1. The van der Waals surface area contributed by atoms with Gasteiger partial charge < -0.3 is 15.4 Å². The number of fused-ring (bicyclic) bond motifs is 1. The average Bonchev–Trinajstić information content (AvgIpc) is 3.10. The third-order valence-corrected chi connectivity index (χ3v) is 6.33. The number of alkyl halides is 3. The number of carbonyl (C=O) groups is 1. The molecule has 2 heterocycles. The number of ether oxygens (including phenoxy) is 1. The number of benzene rings is 1. The van der Waals surface area contributed by atoms with Crippen molar-refractivity contribution in [2.24, 2.45) is 0 Å². The number of nitrogens with zero attached hydrogens (tertiary/aromatic N) is 2. The maximum absolute atomic E-state index is 13.9. The van der Waals surface area contributed by atoms with Gasteiger partial charge in [-0.15, -0.1) is 0 Å². The summed E-state index contributed by atoms with van der Waals surface area (Å²) in [5.41, 5.74) is 0.478. The van der Waals surface area contributed by atoms with E-state index in [4.69, 9.17) is 16.3 Å². The fourth-order valence-electron chi connectivity index (χ4n) is 4.29. The van der Waals surface area contributed by atoms with E-state index in [2.05, 4.69) is 15.7 Å². The second-order valence-electron chi connectivity index (χ2n) is 8.03. The molecule has 0 radical (unpaired) electrons. The zero-order chi connectivity index (χ0) is 22.2. The molecule has 2 aromatic rings. The van der Waals surface area contributed by atoms with E-state index in [1.54, 1.807) is 24.3 Å². The number of halogens is 4. The second-order valence-corrected chi connectivity index (χ2v) is 8.41. The zero-order valence-corrected chi connectivity index (χ0v) is 17.8. The number of hydrogen-bond acceptors (Lipinski definition) is 4. The van der Waals surface area contributed by atoms with Crippen LogP contribution >= 0.6 is 11.6 Å². The molecule has 1 aliphatic heterocycles. The Kier molecular flexibility index (Phi) is 6.05. The van der Waals surface area contributed by atoms with Crippen LogP contribution in [0.1, 0.15) is 66.7 Å². The number of nitrogens with one attached hydrogen (secondary N) is 2. The van der Waals surface area contributed by atoms with Crippen LogP contribution in [0.3, 0.4) is 0 Å². The van der Waals surface area contributed by atoms with E-state index in [0.717, 1.165) is 36.8 Å². The number of carbonyl (C=O) groups excluding carboxylic acids is 1. The van der Waals surface area contributed by atoms with Gasteiger partial charge in [-0.3, -0.25) is 4.79 Å². The highest BCUT2D eigenvalue weighted by Gasteiger charge is 2.48. The van der Waals surface area contributed by atoms with Gasteiger partial charge in [0.15, 0.2) is 11.7 Å². The Morgan fingerprint density at radius 1 is 1.23 bits per heavy atom. The predicted octanol–water partition coefficient (Wildman–Crippen LogP) is 5.27. The molecule has 0 spiro atoms. The summed E-state index contributed by atoms with van der Waals surface area (Å²) in [6.45, 7) is 0. The van der Waals surface area contributed by atoms with E-state index in [1.807, 2.05) is 0 Å². The molecule has 10 heteroatoms. The summed E-state index contributed by atoms with van der Waals surface area (Å²) in [6.07, 6.45) is 0.0212. The number of anilines is 1. The normalized spacial score (nSPS) is 21.8. The van der Waals surface area contributed by atoms with E-state index in [-0.39, 0.29) is 29.0 Å². The molecule has 1 saturated carbocycles. The maximum atomic E-state index is 13.9. The second kappa shape index (κ2) is 8.61. The van der Waals surface area contributed by atoms with Crippen molar-refractivity contribution in [3.63, 3.8) is 0 Å². The summed E-state index contributed by atoms with van der Waals surface area (Å²) in [5, 5.41) is 9.81. The van der Waals surface area contributed by atoms with Crippen LogP contribution in [-0.2, 0) is 0 Å². The molecule has 2 atom stereocenters. The van der Waals surface area contributed by atoms with Crippen LogP contribution in [0.25, 0.3) is 0 Å². The molecule has 0 bridgehead atoms. The van der Waals surface area contributed by atoms with Crippen molar-refractivity contribution in [3.05, 3.63) is 40.5 Å². The number of rotatable bonds is 4. The van der Waals surface area contributed by atoms with Gasteiger partial charge >= 0.3 is 6.18 Å². The van der Waals surface area contributed by atoms with Crippen LogP contribution in [-0.4, -0.2) is 35.0 Å². The molecule has 4 rings (SSSR count). The minimum Gasteiger partial charge on any atom is -0.497 e. The molecule has 1 aromatic heterocycles. The quantitative estimate of drug-likeness (QED) is 0.657. The van der Waals surface area contributed by atoms with Gasteiger partial charge in [-0.25, -0.2) is 4.68 Å². The molecule has 31 heavy (non-hydrogen) atoms. The Bertz CT molecular complexity index is 939. The fourth-order valence-corrected chi connectivity index (χ4v) is 4.55. The summed E-state index contributed by atoms with van der Waals surface area (Å²) in [6, 6.07) is 4.25. The third-order valence-electron chi connectivity index (χ3n) is 5.97. The smallest absolute Gasteiger partial charge is 0.410 e. The van der Waals surface area contributed by atoms with Gasteiger partial charge in [-0.1, -0.05) is 43.0 Å². The lowest BCUT2D eigenvalue weighted by atomic mass is 9.95. The summed E-state index contributed by atoms with van der Waals surface area (Å²) in [7, 11) is 1.52. The van der Waals surface area contributed by atoms with Gasteiger partial charge in [-0.2, -0.15) is 18.3 Å². The summed E-state index contributed by atoms with van der Waals surface area (Å²) >= 11 is 6.38. The Balaban J connectivity index is 1.64. The minimum atomic E-state index is -4.55. The van der Waals surface area contributed by atoms with Crippen molar-refractivity contribution in [1.29, 1.82) is 0 Å². The van der Waals surface area contributed by atoms with Crippen molar-refractivity contribution >= 4 is 23.3 Å². The Labute approximate surface area is 183 Å². The van der Waals surface area contributed by atoms with Gasteiger partial charge in [0.25, 0.3) is 5.91 Å². The Morgan fingerprint density at radius 3 is 2.52 bits per heavy atom. The maximum Gasteiger partial charge on any atom is 0.410 e. The molecule has 1 aromatic carbocycles. The van der Waals surface area contributed by atoms with Crippen LogP contribution in [0.5, 0.6) is 5.75 Å². The number of aromatic nitrogens is 2. The van der Waals surface area contributed by atoms with E-state index < -0.39 is 24.2 Å². The molecule has 2 N–H and O–H groups in total. The first-order valence-corrected chi connectivity index (χ1v) is 10.7. The highest BCUT2D eigenvalue weighted by molar-refractivity contribution is 6.36. The summed E-state index contributed by atoms with van der Waals surface area (Å²) in [5.74, 6) is 0.0732. The molecule has 6 nitrogen and oxygen atoms in total. The lowest BCUT2D eigenvalue weighted by Gasteiger charge is -2.33. The lowest BCUT2D eigenvalue weighted by molar-refractivity contribution is -0.173. The van der Waals surface area contributed by atoms with Crippen molar-refractivity contribution in [2.75, 3.05) is 12.4 Å². The minimum absolute atomic E-state index is 0.00449. The van der Waals surface area contributed by atoms with Crippen molar-refractivity contribution in [1.82, 2.24) is 15.1 Å². The van der Waals surface area contributed by atoms with Crippen molar-refractivity contribution in [2.45, 2.75) is 62.8 Å². The SMILES string of the molecule is COc1ccc([C@H]2C[C@H](C(F)(F)F)n3nc(C(=O)NC4CCCCC4)c(Cl)c3N2)cc1. The molecular formula is C21H24ClF3N4O2. The topological polar surface area (TPSA) is 68.2 Å². The Morgan fingerprint density at radius 2 is 1.90 bits per heavy atom. The standard InChI is InChI=1S/C21H24ClF3N4O2/c1-31-14-9-7-12(8-10-14)15-11-16(21(23,24)25)29-19(27-15)17(22)18(28-29)20(30)26-13-5-3-2-4-6-13/h7-10,13,15-16,27H,2-6,11H2,1H3,(H,26,30)/t15-,16-/m1/s1. The lowest BCUT2D eigenvalue weighted by Crippen LogP contribution is -2.37. The van der Waals surface area contributed by atoms with Crippen LogP contribution in [0.15, 0.2) is 24.3 Å². The van der Waals surface area contributed by atoms with E-state index in [9.17, 15) is 18.0 Å². The monoisotopic (exact) mass is 456 g/mol. The van der Waals surface area contributed by atoms with Gasteiger partial charge in [0, 0.05) is 12.5 Å². The number of hydrogen-bond donors (Lipinski definition) is 2. The van der Waals surface area contributed by atoms with Crippen LogP contribution in [0.4, 0.5) is 19.0 Å². The summed E-state index contributed by atoms with van der Waals surface area (Å²) < 4.78 is 47.6. The van der Waals surface area contributed by atoms with Gasteiger partial charge in [0.1, 0.15) is 16.6 Å².